The summed E-state index contributed by atoms with van der Waals surface area (Å²) in [5.41, 5.74) is 1.29. The van der Waals surface area contributed by atoms with Crippen molar-refractivity contribution in [2.75, 3.05) is 41.7 Å². The predicted octanol–water partition coefficient (Wildman–Crippen LogP) is 3.53. The molecule has 0 fully saturated rings. The van der Waals surface area contributed by atoms with Crippen LogP contribution in [0.25, 0.3) is 6.08 Å². The molecule has 28 heavy (non-hydrogen) atoms. The number of hydrogen-bond donors (Lipinski definition) is 0. The lowest BCUT2D eigenvalue weighted by Gasteiger charge is -2.17. The normalized spacial score (nSPS) is 10.8. The molecule has 0 unspecified atom stereocenters. The topological polar surface area (TPSA) is 72.5 Å². The van der Waals surface area contributed by atoms with E-state index in [1.165, 1.54) is 27.4 Å². The summed E-state index contributed by atoms with van der Waals surface area (Å²) < 4.78 is 31.7. The van der Waals surface area contributed by atoms with Crippen LogP contribution >= 0.6 is 0 Å². The molecule has 0 aliphatic rings. The van der Waals surface area contributed by atoms with Crippen molar-refractivity contribution in [3.63, 3.8) is 0 Å². The zero-order chi connectivity index (χ0) is 20.2. The maximum Gasteiger partial charge on any atom is 0.206 e. The zero-order valence-corrected chi connectivity index (χ0v) is 16.2. The van der Waals surface area contributed by atoms with Crippen LogP contribution in [0.5, 0.6) is 17.2 Å². The molecular weight excluding hydrogens is 364 g/mol. The number of ether oxygens (including phenoxy) is 6. The fraction of sp³-hybridized carbons (Fsp3) is 0.286. The fourth-order valence-corrected chi connectivity index (χ4v) is 2.28. The Hall–Kier alpha value is -2.87. The highest BCUT2D eigenvalue weighted by atomic mass is 16.7. The zero-order valence-electron chi connectivity index (χ0n) is 16.2. The average Bonchev–Trinajstić information content (AvgIpc) is 2.74. The third-order valence-corrected chi connectivity index (χ3v) is 3.51. The van der Waals surface area contributed by atoms with E-state index in [9.17, 15) is 4.79 Å². The second-order valence-electron chi connectivity index (χ2n) is 5.56. The molecule has 7 heteroatoms. The minimum atomic E-state index is -0.112. The molecule has 0 amide bonds. The molecule has 2 aromatic rings. The lowest BCUT2D eigenvalue weighted by molar-refractivity contribution is 0.0218. The predicted molar refractivity (Wildman–Crippen MR) is 104 cm³/mol. The molecule has 7 nitrogen and oxygen atoms in total. The van der Waals surface area contributed by atoms with Gasteiger partial charge in [-0.3, -0.25) is 4.79 Å². The van der Waals surface area contributed by atoms with E-state index in [-0.39, 0.29) is 26.2 Å². The van der Waals surface area contributed by atoms with Crippen molar-refractivity contribution >= 4 is 11.9 Å². The molecular formula is C21H24O7. The van der Waals surface area contributed by atoms with E-state index in [1.54, 1.807) is 30.3 Å². The Morgan fingerprint density at radius 3 is 1.89 bits per heavy atom. The van der Waals surface area contributed by atoms with Gasteiger partial charge in [-0.15, -0.1) is 0 Å². The first-order chi connectivity index (χ1) is 13.7. The van der Waals surface area contributed by atoms with Crippen LogP contribution in [0.1, 0.15) is 15.9 Å². The standard InChI is InChI=1S/C21H24O7/c1-23-13-26-19-11-16(9-10-18(22)17-7-5-4-6-8-17)12-20(27-14-24-2)21(19)28-15-25-3/h4-12H,13-15H2,1-3H3. The Balaban J connectivity index is 2.33. The van der Waals surface area contributed by atoms with Gasteiger partial charge in [0.15, 0.2) is 37.7 Å². The summed E-state index contributed by atoms with van der Waals surface area (Å²) in [6.07, 6.45) is 3.16. The number of allylic oxidation sites excluding steroid dienone is 1. The Labute approximate surface area is 164 Å². The van der Waals surface area contributed by atoms with E-state index in [2.05, 4.69) is 0 Å². The highest BCUT2D eigenvalue weighted by Gasteiger charge is 2.15. The number of methoxy groups -OCH3 is 3. The molecule has 0 saturated carbocycles. The molecule has 0 bridgehead atoms. The Morgan fingerprint density at radius 2 is 1.36 bits per heavy atom. The van der Waals surface area contributed by atoms with Gasteiger partial charge in [0.2, 0.25) is 5.75 Å². The summed E-state index contributed by atoms with van der Waals surface area (Å²) in [7, 11) is 4.54. The van der Waals surface area contributed by atoms with Crippen molar-refractivity contribution in [2.24, 2.45) is 0 Å². The van der Waals surface area contributed by atoms with Gasteiger partial charge >= 0.3 is 0 Å². The first kappa shape index (κ1) is 21.4. The number of carbonyl (C=O) groups is 1. The minimum Gasteiger partial charge on any atom is -0.463 e. The van der Waals surface area contributed by atoms with E-state index >= 15 is 0 Å². The van der Waals surface area contributed by atoms with Crippen molar-refractivity contribution in [3.8, 4) is 17.2 Å². The average molecular weight is 388 g/mol. The molecule has 0 aliphatic carbocycles. The van der Waals surface area contributed by atoms with Crippen molar-refractivity contribution in [1.82, 2.24) is 0 Å². The second-order valence-corrected chi connectivity index (χ2v) is 5.56. The van der Waals surface area contributed by atoms with Gasteiger partial charge in [-0.2, -0.15) is 0 Å². The van der Waals surface area contributed by atoms with E-state index in [1.807, 2.05) is 18.2 Å². The van der Waals surface area contributed by atoms with Gasteiger partial charge in [-0.05, 0) is 23.8 Å². The Bertz CT molecular complexity index is 743. The van der Waals surface area contributed by atoms with Gasteiger partial charge < -0.3 is 28.4 Å². The Kier molecular flexibility index (Phi) is 9.00. The summed E-state index contributed by atoms with van der Waals surface area (Å²) in [6.45, 7) is 0.0424. The summed E-state index contributed by atoms with van der Waals surface area (Å²) in [5.74, 6) is 1.01. The van der Waals surface area contributed by atoms with Crippen LogP contribution in [-0.4, -0.2) is 47.5 Å². The van der Waals surface area contributed by atoms with E-state index in [0.29, 0.717) is 28.4 Å². The molecule has 0 aliphatic heterocycles. The summed E-state index contributed by atoms with van der Waals surface area (Å²) in [4.78, 5) is 12.3. The molecule has 0 aromatic heterocycles. The SMILES string of the molecule is COCOc1cc(C=CC(=O)c2ccccc2)cc(OCOC)c1OCOC. The van der Waals surface area contributed by atoms with Crippen LogP contribution < -0.4 is 14.2 Å². The molecule has 2 aromatic carbocycles. The second kappa shape index (κ2) is 11.8. The van der Waals surface area contributed by atoms with Crippen molar-refractivity contribution in [1.29, 1.82) is 0 Å². The van der Waals surface area contributed by atoms with Crippen molar-refractivity contribution in [3.05, 3.63) is 59.7 Å². The van der Waals surface area contributed by atoms with Crippen molar-refractivity contribution < 1.29 is 33.2 Å². The maximum absolute atomic E-state index is 12.3. The molecule has 0 atom stereocenters. The molecule has 150 valence electrons. The van der Waals surface area contributed by atoms with Crippen LogP contribution in [-0.2, 0) is 14.2 Å². The van der Waals surface area contributed by atoms with E-state index in [4.69, 9.17) is 28.4 Å². The van der Waals surface area contributed by atoms with Crippen LogP contribution in [0.3, 0.4) is 0 Å². The number of rotatable bonds is 12. The third-order valence-electron chi connectivity index (χ3n) is 3.51. The molecule has 0 radical (unpaired) electrons. The third kappa shape index (κ3) is 6.38. The van der Waals surface area contributed by atoms with Gasteiger partial charge in [0.05, 0.1) is 0 Å². The quantitative estimate of drug-likeness (QED) is 0.313. The first-order valence-corrected chi connectivity index (χ1v) is 8.50. The monoisotopic (exact) mass is 388 g/mol. The lowest BCUT2D eigenvalue weighted by atomic mass is 10.1. The van der Waals surface area contributed by atoms with Gasteiger partial charge in [-0.1, -0.05) is 36.4 Å². The summed E-state index contributed by atoms with van der Waals surface area (Å²) >= 11 is 0. The van der Waals surface area contributed by atoms with Gasteiger partial charge in [0, 0.05) is 26.9 Å². The number of ketones is 1. The van der Waals surface area contributed by atoms with Crippen LogP contribution in [0.2, 0.25) is 0 Å². The van der Waals surface area contributed by atoms with Gasteiger partial charge in [0.25, 0.3) is 0 Å². The maximum atomic E-state index is 12.3. The molecule has 2 rings (SSSR count). The van der Waals surface area contributed by atoms with E-state index < -0.39 is 0 Å². The van der Waals surface area contributed by atoms with Crippen LogP contribution in [0, 0.1) is 0 Å². The van der Waals surface area contributed by atoms with Crippen LogP contribution in [0.4, 0.5) is 0 Å². The van der Waals surface area contributed by atoms with Crippen LogP contribution in [0.15, 0.2) is 48.5 Å². The van der Waals surface area contributed by atoms with Crippen molar-refractivity contribution in [2.45, 2.75) is 0 Å². The van der Waals surface area contributed by atoms with Gasteiger partial charge in [-0.25, -0.2) is 0 Å². The smallest absolute Gasteiger partial charge is 0.206 e. The first-order valence-electron chi connectivity index (χ1n) is 8.50. The number of hydrogen-bond acceptors (Lipinski definition) is 7. The Morgan fingerprint density at radius 1 is 0.821 bits per heavy atom. The minimum absolute atomic E-state index is 0.00830. The highest BCUT2D eigenvalue weighted by molar-refractivity contribution is 6.06. The lowest BCUT2D eigenvalue weighted by Crippen LogP contribution is -2.08. The van der Waals surface area contributed by atoms with Gasteiger partial charge in [0.1, 0.15) is 0 Å². The largest absolute Gasteiger partial charge is 0.463 e. The fourth-order valence-electron chi connectivity index (χ4n) is 2.28. The molecule has 0 spiro atoms. The molecule has 0 heterocycles. The number of benzene rings is 2. The summed E-state index contributed by atoms with van der Waals surface area (Å²) in [6, 6.07) is 12.4. The highest BCUT2D eigenvalue weighted by Crippen LogP contribution is 2.39. The summed E-state index contributed by atoms with van der Waals surface area (Å²) in [5, 5.41) is 0. The molecule has 0 N–H and O–H groups in total. The number of carbonyl (C=O) groups excluding carboxylic acids is 1. The van der Waals surface area contributed by atoms with E-state index in [0.717, 1.165) is 0 Å². The molecule has 0 saturated heterocycles.